The molecule has 1 aromatic rings. The van der Waals surface area contributed by atoms with Gasteiger partial charge in [-0.25, -0.2) is 9.37 Å². The largest absolute Gasteiger partial charge is 0.368 e. The number of nitrogens with one attached hydrogen (secondary N) is 2. The number of hydrogen-bond acceptors (Lipinski definition) is 5. The van der Waals surface area contributed by atoms with E-state index in [1.807, 2.05) is 20.8 Å². The highest BCUT2D eigenvalue weighted by molar-refractivity contribution is 5.81. The third-order valence-corrected chi connectivity index (χ3v) is 1.69. The van der Waals surface area contributed by atoms with Crippen molar-refractivity contribution in [2.24, 2.45) is 0 Å². The second-order valence-electron chi connectivity index (χ2n) is 4.58. The molecule has 0 bridgehead atoms. The summed E-state index contributed by atoms with van der Waals surface area (Å²) >= 11 is 0. The van der Waals surface area contributed by atoms with Crippen LogP contribution in [-0.2, 0) is 4.79 Å². The van der Waals surface area contributed by atoms with Crippen LogP contribution in [-0.4, -0.2) is 28.0 Å². The number of nitrogens with two attached hydrogens (primary N) is 1. The van der Waals surface area contributed by atoms with E-state index in [4.69, 9.17) is 5.73 Å². The molecule has 0 fully saturated rings. The van der Waals surface area contributed by atoms with Crippen molar-refractivity contribution < 1.29 is 9.18 Å². The molecule has 0 atom stereocenters. The van der Waals surface area contributed by atoms with Gasteiger partial charge in [0.2, 0.25) is 11.9 Å². The van der Waals surface area contributed by atoms with Crippen molar-refractivity contribution in [1.82, 2.24) is 15.3 Å². The fraction of sp³-hybridized carbons (Fsp3) is 0.500. The molecule has 94 valence electrons. The topological polar surface area (TPSA) is 92.9 Å². The Morgan fingerprint density at radius 1 is 1.53 bits per heavy atom. The van der Waals surface area contributed by atoms with Crippen molar-refractivity contribution in [3.8, 4) is 0 Å². The Balaban J connectivity index is 2.56. The Morgan fingerprint density at radius 2 is 2.18 bits per heavy atom. The maximum Gasteiger partial charge on any atom is 0.239 e. The van der Waals surface area contributed by atoms with Gasteiger partial charge in [-0.15, -0.1) is 0 Å². The van der Waals surface area contributed by atoms with Crippen LogP contribution in [0.5, 0.6) is 0 Å². The Kier molecular flexibility index (Phi) is 3.82. The molecule has 0 aliphatic heterocycles. The molecule has 0 spiro atoms. The van der Waals surface area contributed by atoms with E-state index in [9.17, 15) is 9.18 Å². The lowest BCUT2D eigenvalue weighted by atomic mass is 10.1. The van der Waals surface area contributed by atoms with Crippen LogP contribution >= 0.6 is 0 Å². The molecular weight excluding hydrogens is 225 g/mol. The Hall–Kier alpha value is -1.92. The maximum atomic E-state index is 13.2. The van der Waals surface area contributed by atoms with E-state index in [2.05, 4.69) is 20.6 Å². The van der Waals surface area contributed by atoms with Crippen molar-refractivity contribution in [1.29, 1.82) is 0 Å². The van der Waals surface area contributed by atoms with Gasteiger partial charge in [-0.1, -0.05) is 0 Å². The quantitative estimate of drug-likeness (QED) is 0.717. The number of hydrogen-bond donors (Lipinski definition) is 3. The summed E-state index contributed by atoms with van der Waals surface area (Å²) in [7, 11) is 0. The van der Waals surface area contributed by atoms with Crippen LogP contribution in [0.1, 0.15) is 20.8 Å². The number of aromatic nitrogens is 2. The first-order valence-electron chi connectivity index (χ1n) is 5.11. The van der Waals surface area contributed by atoms with Crippen LogP contribution in [0.2, 0.25) is 0 Å². The molecule has 0 saturated carbocycles. The summed E-state index contributed by atoms with van der Waals surface area (Å²) in [5.41, 5.74) is 4.97. The fourth-order valence-corrected chi connectivity index (χ4v) is 1.13. The van der Waals surface area contributed by atoms with E-state index in [1.165, 1.54) is 0 Å². The van der Waals surface area contributed by atoms with Gasteiger partial charge in [-0.2, -0.15) is 4.98 Å². The molecule has 1 aromatic heterocycles. The number of carbonyl (C=O) groups is 1. The van der Waals surface area contributed by atoms with E-state index < -0.39 is 5.82 Å². The Bertz CT molecular complexity index is 416. The summed E-state index contributed by atoms with van der Waals surface area (Å²) < 4.78 is 13.2. The SMILES string of the molecule is CC(C)(C)NC(=O)CNc1nc(N)ncc1F. The van der Waals surface area contributed by atoms with Crippen LogP contribution < -0.4 is 16.4 Å². The highest BCUT2D eigenvalue weighted by atomic mass is 19.1. The predicted molar refractivity (Wildman–Crippen MR) is 62.8 cm³/mol. The number of amides is 1. The van der Waals surface area contributed by atoms with Crippen molar-refractivity contribution in [3.63, 3.8) is 0 Å². The van der Waals surface area contributed by atoms with E-state index >= 15 is 0 Å². The number of halogens is 1. The van der Waals surface area contributed by atoms with Crippen LogP contribution in [0.4, 0.5) is 16.2 Å². The van der Waals surface area contributed by atoms with Crippen LogP contribution in [0, 0.1) is 5.82 Å². The van der Waals surface area contributed by atoms with Crippen LogP contribution in [0.15, 0.2) is 6.20 Å². The van der Waals surface area contributed by atoms with Gasteiger partial charge in [0.1, 0.15) is 0 Å². The van der Waals surface area contributed by atoms with Crippen molar-refractivity contribution in [2.45, 2.75) is 26.3 Å². The zero-order valence-electron chi connectivity index (χ0n) is 10.0. The zero-order valence-corrected chi connectivity index (χ0v) is 10.0. The van der Waals surface area contributed by atoms with Crippen LogP contribution in [0.3, 0.4) is 0 Å². The summed E-state index contributed by atoms with van der Waals surface area (Å²) in [6.07, 6.45) is 0.951. The molecule has 0 unspecified atom stereocenters. The zero-order chi connectivity index (χ0) is 13.1. The van der Waals surface area contributed by atoms with E-state index in [-0.39, 0.29) is 29.8 Å². The molecule has 6 nitrogen and oxygen atoms in total. The van der Waals surface area contributed by atoms with Gasteiger partial charge < -0.3 is 16.4 Å². The summed E-state index contributed by atoms with van der Waals surface area (Å²) in [6.45, 7) is 5.49. The van der Waals surface area contributed by atoms with Gasteiger partial charge in [0.05, 0.1) is 12.7 Å². The van der Waals surface area contributed by atoms with Crippen molar-refractivity contribution in [2.75, 3.05) is 17.6 Å². The van der Waals surface area contributed by atoms with Gasteiger partial charge in [-0.3, -0.25) is 4.79 Å². The maximum absolute atomic E-state index is 13.2. The van der Waals surface area contributed by atoms with Gasteiger partial charge in [-0.05, 0) is 20.8 Å². The number of anilines is 2. The van der Waals surface area contributed by atoms with E-state index in [0.717, 1.165) is 6.20 Å². The molecule has 1 heterocycles. The summed E-state index contributed by atoms with van der Waals surface area (Å²) in [4.78, 5) is 18.6. The normalized spacial score (nSPS) is 11.1. The minimum Gasteiger partial charge on any atom is -0.368 e. The smallest absolute Gasteiger partial charge is 0.239 e. The van der Waals surface area contributed by atoms with Gasteiger partial charge in [0.25, 0.3) is 0 Å². The Morgan fingerprint density at radius 3 is 2.76 bits per heavy atom. The summed E-state index contributed by atoms with van der Waals surface area (Å²) in [5.74, 6) is -1.04. The Labute approximate surface area is 98.8 Å². The number of nitrogens with zero attached hydrogens (tertiary/aromatic N) is 2. The predicted octanol–water partition coefficient (Wildman–Crippen LogP) is 0.524. The highest BCUT2D eigenvalue weighted by Gasteiger charge is 2.14. The highest BCUT2D eigenvalue weighted by Crippen LogP contribution is 2.09. The van der Waals surface area contributed by atoms with Crippen molar-refractivity contribution in [3.05, 3.63) is 12.0 Å². The average Bonchev–Trinajstić information content (AvgIpc) is 2.17. The van der Waals surface area contributed by atoms with Crippen molar-refractivity contribution >= 4 is 17.7 Å². The first-order valence-corrected chi connectivity index (χ1v) is 5.11. The lowest BCUT2D eigenvalue weighted by Crippen LogP contribution is -2.43. The lowest BCUT2D eigenvalue weighted by molar-refractivity contribution is -0.120. The second kappa shape index (κ2) is 4.94. The molecule has 0 aliphatic carbocycles. The molecule has 0 radical (unpaired) electrons. The molecule has 7 heteroatoms. The number of carbonyl (C=O) groups excluding carboxylic acids is 1. The average molecular weight is 241 g/mol. The molecule has 1 amide bonds. The molecule has 0 aromatic carbocycles. The van der Waals surface area contributed by atoms with Gasteiger partial charge in [0.15, 0.2) is 11.6 Å². The molecule has 17 heavy (non-hydrogen) atoms. The molecule has 0 aliphatic rings. The fourth-order valence-electron chi connectivity index (χ4n) is 1.13. The third-order valence-electron chi connectivity index (χ3n) is 1.69. The number of nitrogen functional groups attached to an aromatic ring is 1. The van der Waals surface area contributed by atoms with Gasteiger partial charge in [0, 0.05) is 5.54 Å². The molecule has 4 N–H and O–H groups in total. The van der Waals surface area contributed by atoms with Gasteiger partial charge >= 0.3 is 0 Å². The lowest BCUT2D eigenvalue weighted by Gasteiger charge is -2.20. The number of rotatable bonds is 3. The first-order chi connectivity index (χ1) is 7.78. The minimum atomic E-state index is -0.650. The van der Waals surface area contributed by atoms with E-state index in [0.29, 0.717) is 0 Å². The molecule has 0 saturated heterocycles. The monoisotopic (exact) mass is 241 g/mol. The molecule has 1 rings (SSSR count). The molecular formula is C10H16FN5O. The second-order valence-corrected chi connectivity index (χ2v) is 4.58. The standard InChI is InChI=1S/C10H16FN5O/c1-10(2,3)16-7(17)5-13-8-6(11)4-14-9(12)15-8/h4H,5H2,1-3H3,(H,16,17)(H3,12,13,14,15). The first kappa shape index (κ1) is 13.1. The minimum absolute atomic E-state index is 0.0508. The third kappa shape index (κ3) is 4.62. The van der Waals surface area contributed by atoms with Crippen LogP contribution in [0.25, 0.3) is 0 Å². The summed E-state index contributed by atoms with van der Waals surface area (Å²) in [6, 6.07) is 0. The van der Waals surface area contributed by atoms with E-state index in [1.54, 1.807) is 0 Å². The summed E-state index contributed by atoms with van der Waals surface area (Å²) in [5, 5.41) is 5.28.